The van der Waals surface area contributed by atoms with Crippen LogP contribution in [0.4, 0.5) is 0 Å². The zero-order valence-electron chi connectivity index (χ0n) is 12.3. The van der Waals surface area contributed by atoms with E-state index in [1.807, 2.05) is 0 Å². The normalized spacial score (nSPS) is 13.0. The Kier molecular flexibility index (Phi) is 4.56. The third-order valence-corrected chi connectivity index (χ3v) is 5.46. The fourth-order valence-corrected chi connectivity index (χ4v) is 4.23. The number of aromatic nitrogens is 2. The van der Waals surface area contributed by atoms with Gasteiger partial charge in [0, 0.05) is 0 Å². The lowest BCUT2D eigenvalue weighted by molar-refractivity contribution is -0.138. The van der Waals surface area contributed by atoms with E-state index in [0.717, 1.165) is 17.3 Å². The molecule has 0 saturated carbocycles. The molecule has 0 saturated heterocycles. The highest BCUT2D eigenvalue weighted by Gasteiger charge is 2.27. The number of hydrogen-bond acceptors (Lipinski definition) is 6. The fraction of sp³-hybridized carbons (Fsp3) is 0.133. The van der Waals surface area contributed by atoms with Crippen molar-refractivity contribution in [2.45, 2.75) is 17.4 Å². The topological polar surface area (TPSA) is 109 Å². The van der Waals surface area contributed by atoms with E-state index < -0.39 is 22.0 Å². The largest absolute Gasteiger partial charge is 0.480 e. The highest BCUT2D eigenvalue weighted by molar-refractivity contribution is 7.89. The summed E-state index contributed by atoms with van der Waals surface area (Å²) in [5.74, 6) is -1.24. The van der Waals surface area contributed by atoms with Crippen LogP contribution >= 0.6 is 11.7 Å². The molecule has 2 N–H and O–H groups in total. The van der Waals surface area contributed by atoms with Gasteiger partial charge >= 0.3 is 5.97 Å². The maximum Gasteiger partial charge on any atom is 0.322 e. The molecule has 0 bridgehead atoms. The Balaban J connectivity index is 1.91. The number of nitrogens with one attached hydrogen (secondary N) is 1. The van der Waals surface area contributed by atoms with Gasteiger partial charge in [0.2, 0.25) is 10.0 Å². The average molecular weight is 363 g/mol. The van der Waals surface area contributed by atoms with Crippen LogP contribution in [-0.2, 0) is 21.2 Å². The van der Waals surface area contributed by atoms with Gasteiger partial charge in [0.05, 0.1) is 11.7 Å². The van der Waals surface area contributed by atoms with Crippen molar-refractivity contribution in [3.05, 3.63) is 54.1 Å². The molecule has 2 aromatic carbocycles. The molecule has 3 rings (SSSR count). The van der Waals surface area contributed by atoms with Gasteiger partial charge in [-0.15, -0.1) is 0 Å². The maximum atomic E-state index is 12.6. The van der Waals surface area contributed by atoms with Gasteiger partial charge in [0.1, 0.15) is 22.0 Å². The standard InChI is InChI=1S/C15H13N3O4S2/c19-15(20)12(9-10-5-2-1-3-6-10)18-24(21,22)13-8-4-7-11-14(13)17-23-16-11/h1-8,12,18H,9H2,(H,19,20). The number of sulfonamides is 1. The van der Waals surface area contributed by atoms with Gasteiger partial charge in [-0.2, -0.15) is 13.5 Å². The van der Waals surface area contributed by atoms with E-state index in [-0.39, 0.29) is 16.8 Å². The summed E-state index contributed by atoms with van der Waals surface area (Å²) in [6.07, 6.45) is 0.0424. The monoisotopic (exact) mass is 363 g/mol. The molecule has 7 nitrogen and oxygen atoms in total. The van der Waals surface area contributed by atoms with Crippen LogP contribution in [0.25, 0.3) is 11.0 Å². The van der Waals surface area contributed by atoms with E-state index in [9.17, 15) is 18.3 Å². The van der Waals surface area contributed by atoms with E-state index in [4.69, 9.17) is 0 Å². The Labute approximate surface area is 142 Å². The third kappa shape index (κ3) is 3.42. The minimum atomic E-state index is -4.05. The molecule has 0 fully saturated rings. The Bertz CT molecular complexity index is 971. The van der Waals surface area contributed by atoms with Crippen molar-refractivity contribution in [3.8, 4) is 0 Å². The molecule has 0 spiro atoms. The van der Waals surface area contributed by atoms with Gasteiger partial charge in [-0.25, -0.2) is 8.42 Å². The number of aliphatic carboxylic acids is 1. The zero-order valence-corrected chi connectivity index (χ0v) is 13.9. The first-order chi connectivity index (χ1) is 11.5. The maximum absolute atomic E-state index is 12.6. The first-order valence-corrected chi connectivity index (χ1v) is 9.19. The van der Waals surface area contributed by atoms with Crippen molar-refractivity contribution in [2.24, 2.45) is 0 Å². The summed E-state index contributed by atoms with van der Waals surface area (Å²) < 4.78 is 35.5. The van der Waals surface area contributed by atoms with Gasteiger partial charge in [-0.05, 0) is 24.1 Å². The lowest BCUT2D eigenvalue weighted by Gasteiger charge is -2.15. The summed E-state index contributed by atoms with van der Waals surface area (Å²) in [6.45, 7) is 0. The van der Waals surface area contributed by atoms with Gasteiger partial charge in [-0.1, -0.05) is 36.4 Å². The van der Waals surface area contributed by atoms with Crippen LogP contribution in [0.5, 0.6) is 0 Å². The first-order valence-electron chi connectivity index (χ1n) is 6.98. The van der Waals surface area contributed by atoms with E-state index in [2.05, 4.69) is 13.5 Å². The number of hydrogen-bond donors (Lipinski definition) is 2. The SMILES string of the molecule is O=C(O)C(Cc1ccccc1)NS(=O)(=O)c1cccc2nsnc12. The number of carbonyl (C=O) groups is 1. The smallest absolute Gasteiger partial charge is 0.322 e. The third-order valence-electron chi connectivity index (χ3n) is 3.42. The van der Waals surface area contributed by atoms with Crippen LogP contribution in [0.2, 0.25) is 0 Å². The van der Waals surface area contributed by atoms with Crippen molar-refractivity contribution in [2.75, 3.05) is 0 Å². The molecular weight excluding hydrogens is 350 g/mol. The molecule has 1 aromatic heterocycles. The number of nitrogens with zero attached hydrogens (tertiary/aromatic N) is 2. The first kappa shape index (κ1) is 16.5. The van der Waals surface area contributed by atoms with Crippen LogP contribution in [-0.4, -0.2) is 34.3 Å². The predicted molar refractivity (Wildman–Crippen MR) is 89.3 cm³/mol. The van der Waals surface area contributed by atoms with Crippen molar-refractivity contribution < 1.29 is 18.3 Å². The summed E-state index contributed by atoms with van der Waals surface area (Å²) in [6, 6.07) is 12.1. The molecule has 0 aliphatic carbocycles. The second-order valence-electron chi connectivity index (χ2n) is 5.09. The summed E-state index contributed by atoms with van der Waals surface area (Å²) in [4.78, 5) is 11.4. The molecule has 0 radical (unpaired) electrons. The molecule has 0 amide bonds. The molecule has 3 aromatic rings. The number of carboxylic acids is 1. The second-order valence-corrected chi connectivity index (χ2v) is 7.30. The highest BCUT2D eigenvalue weighted by atomic mass is 32.2. The summed E-state index contributed by atoms with van der Waals surface area (Å²) in [5.41, 5.74) is 1.41. The Morgan fingerprint density at radius 1 is 1.12 bits per heavy atom. The summed E-state index contributed by atoms with van der Waals surface area (Å²) in [5, 5.41) is 9.37. The molecule has 9 heteroatoms. The minimum absolute atomic E-state index is 0.0424. The van der Waals surface area contributed by atoms with Crippen molar-refractivity contribution in [3.63, 3.8) is 0 Å². The van der Waals surface area contributed by atoms with Crippen LogP contribution in [0.15, 0.2) is 53.4 Å². The number of benzene rings is 2. The van der Waals surface area contributed by atoms with Gasteiger partial charge in [0.25, 0.3) is 0 Å². The fourth-order valence-electron chi connectivity index (χ4n) is 2.28. The van der Waals surface area contributed by atoms with Crippen LogP contribution in [0, 0.1) is 0 Å². The zero-order chi connectivity index (χ0) is 17.2. The Morgan fingerprint density at radius 3 is 2.58 bits per heavy atom. The lowest BCUT2D eigenvalue weighted by Crippen LogP contribution is -2.42. The molecule has 24 heavy (non-hydrogen) atoms. The Morgan fingerprint density at radius 2 is 1.88 bits per heavy atom. The summed E-state index contributed by atoms with van der Waals surface area (Å²) >= 11 is 0.902. The summed E-state index contributed by atoms with van der Waals surface area (Å²) in [7, 11) is -4.05. The Hall–Kier alpha value is -2.36. The lowest BCUT2D eigenvalue weighted by atomic mass is 10.1. The molecule has 1 atom stereocenters. The van der Waals surface area contributed by atoms with E-state index >= 15 is 0 Å². The second kappa shape index (κ2) is 6.63. The number of fused-ring (bicyclic) bond motifs is 1. The molecule has 124 valence electrons. The highest BCUT2D eigenvalue weighted by Crippen LogP contribution is 2.21. The van der Waals surface area contributed by atoms with Crippen LogP contribution in [0.1, 0.15) is 5.56 Å². The van der Waals surface area contributed by atoms with E-state index in [0.29, 0.717) is 5.52 Å². The molecule has 0 aliphatic rings. The van der Waals surface area contributed by atoms with E-state index in [1.54, 1.807) is 42.5 Å². The van der Waals surface area contributed by atoms with Crippen molar-refractivity contribution >= 4 is 38.8 Å². The quantitative estimate of drug-likeness (QED) is 0.689. The van der Waals surface area contributed by atoms with Crippen LogP contribution < -0.4 is 4.72 Å². The van der Waals surface area contributed by atoms with E-state index in [1.165, 1.54) is 6.07 Å². The van der Waals surface area contributed by atoms with Gasteiger partial charge in [-0.3, -0.25) is 4.79 Å². The molecule has 0 aliphatic heterocycles. The molecule has 1 heterocycles. The van der Waals surface area contributed by atoms with Gasteiger partial charge in [0.15, 0.2) is 0 Å². The average Bonchev–Trinajstić information content (AvgIpc) is 3.03. The predicted octanol–water partition coefficient (Wildman–Crippen LogP) is 1.67. The molecular formula is C15H13N3O4S2. The minimum Gasteiger partial charge on any atom is -0.480 e. The number of carboxylic acid groups (broad SMARTS) is 1. The molecule has 1 unspecified atom stereocenters. The van der Waals surface area contributed by atoms with Crippen molar-refractivity contribution in [1.82, 2.24) is 13.5 Å². The van der Waals surface area contributed by atoms with Crippen molar-refractivity contribution in [1.29, 1.82) is 0 Å². The van der Waals surface area contributed by atoms with Crippen LogP contribution in [0.3, 0.4) is 0 Å². The van der Waals surface area contributed by atoms with Gasteiger partial charge < -0.3 is 5.11 Å². The number of rotatable bonds is 6.